The van der Waals surface area contributed by atoms with Crippen LogP contribution < -0.4 is 15.4 Å². The van der Waals surface area contributed by atoms with Crippen LogP contribution in [0.2, 0.25) is 0 Å². The van der Waals surface area contributed by atoms with Crippen LogP contribution in [0.5, 0.6) is 5.75 Å². The molecule has 0 radical (unpaired) electrons. The molecule has 0 bridgehead atoms. The smallest absolute Gasteiger partial charge is 0.340 e. The number of hydrogen-bond acceptors (Lipinski definition) is 5. The summed E-state index contributed by atoms with van der Waals surface area (Å²) < 4.78 is 12.8. The van der Waals surface area contributed by atoms with Crippen LogP contribution in [-0.2, 0) is 9.53 Å². The summed E-state index contributed by atoms with van der Waals surface area (Å²) >= 11 is 0. The predicted octanol–water partition coefficient (Wildman–Crippen LogP) is 3.83. The molecule has 164 valence electrons. The molecule has 7 nitrogen and oxygen atoms in total. The van der Waals surface area contributed by atoms with Crippen molar-refractivity contribution in [3.8, 4) is 11.4 Å². The first-order valence-corrected chi connectivity index (χ1v) is 10.5. The van der Waals surface area contributed by atoms with Crippen molar-refractivity contribution in [1.82, 2.24) is 4.57 Å². The highest BCUT2D eigenvalue weighted by Gasteiger charge is 2.22. The molecule has 3 rings (SSSR count). The van der Waals surface area contributed by atoms with Crippen LogP contribution in [0.25, 0.3) is 16.6 Å². The van der Waals surface area contributed by atoms with Gasteiger partial charge in [0.05, 0.1) is 17.7 Å². The average molecular weight is 424 g/mol. The Labute approximate surface area is 182 Å². The Morgan fingerprint density at radius 3 is 2.29 bits per heavy atom. The van der Waals surface area contributed by atoms with Gasteiger partial charge in [0.15, 0.2) is 6.61 Å². The third kappa shape index (κ3) is 4.50. The minimum absolute atomic E-state index is 0.229. The van der Waals surface area contributed by atoms with Gasteiger partial charge in [0, 0.05) is 35.5 Å². The van der Waals surface area contributed by atoms with Gasteiger partial charge in [-0.2, -0.15) is 0 Å². The number of carbonyl (C=O) groups excluding carboxylic acids is 2. The molecule has 1 amide bonds. The fraction of sp³-hybridized carbons (Fsp3) is 0.333. The molecule has 0 saturated carbocycles. The maximum Gasteiger partial charge on any atom is 0.340 e. The van der Waals surface area contributed by atoms with E-state index in [-0.39, 0.29) is 13.2 Å². The zero-order valence-corrected chi connectivity index (χ0v) is 18.5. The van der Waals surface area contributed by atoms with E-state index >= 15 is 0 Å². The van der Waals surface area contributed by atoms with E-state index in [1.807, 2.05) is 29.7 Å². The van der Waals surface area contributed by atoms with Crippen molar-refractivity contribution in [2.24, 2.45) is 5.73 Å². The molecule has 0 spiro atoms. The van der Waals surface area contributed by atoms with Gasteiger partial charge in [0.1, 0.15) is 5.75 Å². The van der Waals surface area contributed by atoms with Gasteiger partial charge in [0.2, 0.25) is 0 Å². The molecule has 0 unspecified atom stereocenters. The molecule has 2 aromatic carbocycles. The highest BCUT2D eigenvalue weighted by Crippen LogP contribution is 2.33. The van der Waals surface area contributed by atoms with Crippen molar-refractivity contribution in [2.75, 3.05) is 31.2 Å². The van der Waals surface area contributed by atoms with Crippen molar-refractivity contribution >= 4 is 28.5 Å². The number of fused-ring (bicyclic) bond motifs is 1. The summed E-state index contributed by atoms with van der Waals surface area (Å²) in [7, 11) is 0. The lowest BCUT2D eigenvalue weighted by Crippen LogP contribution is -2.21. The molecular weight excluding hydrogens is 394 g/mol. The maximum atomic E-state index is 12.8. The average Bonchev–Trinajstić information content (AvgIpc) is 3.05. The van der Waals surface area contributed by atoms with E-state index < -0.39 is 11.9 Å². The number of aromatic nitrogens is 1. The second-order valence-corrected chi connectivity index (χ2v) is 7.14. The van der Waals surface area contributed by atoms with Gasteiger partial charge in [-0.3, -0.25) is 4.79 Å². The molecule has 0 saturated heterocycles. The molecule has 1 aromatic heterocycles. The third-order valence-corrected chi connectivity index (χ3v) is 5.27. The van der Waals surface area contributed by atoms with E-state index in [0.717, 1.165) is 35.7 Å². The minimum Gasteiger partial charge on any atom is -0.484 e. The van der Waals surface area contributed by atoms with E-state index in [1.165, 1.54) is 0 Å². The summed E-state index contributed by atoms with van der Waals surface area (Å²) in [6.07, 6.45) is 0. The van der Waals surface area contributed by atoms with Crippen molar-refractivity contribution in [2.45, 2.75) is 27.7 Å². The van der Waals surface area contributed by atoms with Crippen molar-refractivity contribution in [1.29, 1.82) is 0 Å². The zero-order chi connectivity index (χ0) is 22.5. The topological polar surface area (TPSA) is 86.8 Å². The molecule has 3 aromatic rings. The molecule has 7 heteroatoms. The number of ether oxygens (including phenoxy) is 2. The van der Waals surface area contributed by atoms with Gasteiger partial charge in [-0.25, -0.2) is 4.79 Å². The van der Waals surface area contributed by atoms with Gasteiger partial charge in [-0.1, -0.05) is 0 Å². The highest BCUT2D eigenvalue weighted by molar-refractivity contribution is 6.07. The Balaban J connectivity index is 2.13. The van der Waals surface area contributed by atoms with Gasteiger partial charge in [0.25, 0.3) is 5.91 Å². The van der Waals surface area contributed by atoms with Crippen LogP contribution in [0.15, 0.2) is 42.5 Å². The summed E-state index contributed by atoms with van der Waals surface area (Å²) in [5.74, 6) is -0.491. The second-order valence-electron chi connectivity index (χ2n) is 7.14. The SMILES string of the molecule is CCOC(=O)c1c(C)n(-c2ccc(N(CC)CC)cc2)c2ccc(OCC(N)=O)cc12. The van der Waals surface area contributed by atoms with Crippen LogP contribution in [0.4, 0.5) is 5.69 Å². The van der Waals surface area contributed by atoms with E-state index in [0.29, 0.717) is 16.7 Å². The van der Waals surface area contributed by atoms with Crippen molar-refractivity contribution in [3.63, 3.8) is 0 Å². The Morgan fingerprint density at radius 1 is 1.03 bits per heavy atom. The summed E-state index contributed by atoms with van der Waals surface area (Å²) in [6.45, 7) is 9.85. The number of anilines is 1. The number of nitrogens with two attached hydrogens (primary N) is 1. The van der Waals surface area contributed by atoms with Crippen LogP contribution in [-0.4, -0.2) is 42.7 Å². The quantitative estimate of drug-likeness (QED) is 0.529. The van der Waals surface area contributed by atoms with Crippen LogP contribution in [0.3, 0.4) is 0 Å². The Hall–Kier alpha value is -3.48. The standard InChI is InChI=1S/C24H29N3O4/c1-5-26(6-2)17-8-10-18(11-9-17)27-16(4)23(24(29)30-7-3)20-14-19(12-13-21(20)27)31-15-22(25)28/h8-14H,5-7,15H2,1-4H3,(H2,25,28). The van der Waals surface area contributed by atoms with E-state index in [9.17, 15) is 9.59 Å². The predicted molar refractivity (Wildman–Crippen MR) is 122 cm³/mol. The lowest BCUT2D eigenvalue weighted by Gasteiger charge is -2.21. The summed E-state index contributed by atoms with van der Waals surface area (Å²) in [6, 6.07) is 13.7. The minimum atomic E-state index is -0.562. The first kappa shape index (κ1) is 22.2. The largest absolute Gasteiger partial charge is 0.484 e. The van der Waals surface area contributed by atoms with Gasteiger partial charge < -0.3 is 24.7 Å². The number of carbonyl (C=O) groups is 2. The first-order valence-electron chi connectivity index (χ1n) is 10.5. The van der Waals surface area contributed by atoms with Gasteiger partial charge in [-0.15, -0.1) is 0 Å². The fourth-order valence-corrected chi connectivity index (χ4v) is 3.84. The van der Waals surface area contributed by atoms with E-state index in [4.69, 9.17) is 15.2 Å². The molecule has 1 heterocycles. The summed E-state index contributed by atoms with van der Waals surface area (Å²) in [5, 5.41) is 0.700. The highest BCUT2D eigenvalue weighted by atomic mass is 16.5. The lowest BCUT2D eigenvalue weighted by atomic mass is 10.1. The molecule has 2 N–H and O–H groups in total. The summed E-state index contributed by atoms with van der Waals surface area (Å²) in [5.41, 5.74) is 9.38. The molecule has 31 heavy (non-hydrogen) atoms. The first-order chi connectivity index (χ1) is 14.9. The van der Waals surface area contributed by atoms with E-state index in [1.54, 1.807) is 19.1 Å². The van der Waals surface area contributed by atoms with Crippen molar-refractivity contribution in [3.05, 3.63) is 53.7 Å². The molecule has 0 fully saturated rings. The number of amides is 1. The number of benzene rings is 2. The summed E-state index contributed by atoms with van der Waals surface area (Å²) in [4.78, 5) is 26.1. The number of nitrogens with zero attached hydrogens (tertiary/aromatic N) is 2. The van der Waals surface area contributed by atoms with Crippen molar-refractivity contribution < 1.29 is 19.1 Å². The molecule has 0 aliphatic rings. The Morgan fingerprint density at radius 2 is 1.71 bits per heavy atom. The molecule has 0 atom stereocenters. The lowest BCUT2D eigenvalue weighted by molar-refractivity contribution is -0.119. The van der Waals surface area contributed by atoms with Gasteiger partial charge >= 0.3 is 5.97 Å². The number of primary amides is 1. The molecule has 0 aliphatic carbocycles. The molecule has 0 aliphatic heterocycles. The second kappa shape index (κ2) is 9.55. The maximum absolute atomic E-state index is 12.8. The monoisotopic (exact) mass is 423 g/mol. The normalized spacial score (nSPS) is 10.8. The zero-order valence-electron chi connectivity index (χ0n) is 18.5. The van der Waals surface area contributed by atoms with E-state index in [2.05, 4.69) is 30.9 Å². The number of rotatable bonds is 9. The van der Waals surface area contributed by atoms with Gasteiger partial charge in [-0.05, 0) is 70.2 Å². The van der Waals surface area contributed by atoms with Crippen LogP contribution >= 0.6 is 0 Å². The Kier molecular flexibility index (Phi) is 6.84. The van der Waals surface area contributed by atoms with Crippen LogP contribution in [0.1, 0.15) is 36.8 Å². The Bertz CT molecular complexity index is 1080. The molecular formula is C24H29N3O4. The third-order valence-electron chi connectivity index (χ3n) is 5.27. The van der Waals surface area contributed by atoms with Crippen LogP contribution in [0, 0.1) is 6.92 Å². The fourth-order valence-electron chi connectivity index (χ4n) is 3.84. The number of hydrogen-bond donors (Lipinski definition) is 1. The number of esters is 1.